The second-order valence-electron chi connectivity index (χ2n) is 5.97. The van der Waals surface area contributed by atoms with Gasteiger partial charge in [0.15, 0.2) is 0 Å². The molecule has 3 aromatic rings. The SMILES string of the molecule is CCOc1ccc(NS(=O)(=O)c2cccc(C(=O)NCc3ccco3)c2)cc1Br. The summed E-state index contributed by atoms with van der Waals surface area (Å²) in [6.07, 6.45) is 1.51. The minimum atomic E-state index is -3.88. The minimum absolute atomic E-state index is 0.0202. The molecule has 0 atom stereocenters. The molecule has 0 aliphatic heterocycles. The maximum atomic E-state index is 12.7. The summed E-state index contributed by atoms with van der Waals surface area (Å²) in [5.74, 6) is 0.817. The van der Waals surface area contributed by atoms with Gasteiger partial charge < -0.3 is 14.5 Å². The van der Waals surface area contributed by atoms with E-state index < -0.39 is 15.9 Å². The fourth-order valence-electron chi connectivity index (χ4n) is 2.54. The molecule has 0 saturated heterocycles. The summed E-state index contributed by atoms with van der Waals surface area (Å²) in [5, 5.41) is 2.69. The maximum Gasteiger partial charge on any atom is 0.261 e. The summed E-state index contributed by atoms with van der Waals surface area (Å²) in [4.78, 5) is 12.3. The van der Waals surface area contributed by atoms with Gasteiger partial charge in [0.05, 0.1) is 34.5 Å². The zero-order valence-electron chi connectivity index (χ0n) is 15.5. The molecular weight excluding hydrogens is 460 g/mol. The molecular formula is C20H19BrN2O5S. The first-order chi connectivity index (χ1) is 13.9. The molecule has 0 aliphatic rings. The first-order valence-corrected chi connectivity index (χ1v) is 11.0. The molecule has 9 heteroatoms. The summed E-state index contributed by atoms with van der Waals surface area (Å²) in [6, 6.07) is 14.2. The van der Waals surface area contributed by atoms with Gasteiger partial charge >= 0.3 is 0 Å². The van der Waals surface area contributed by atoms with E-state index in [1.807, 2.05) is 6.92 Å². The Morgan fingerprint density at radius 2 is 1.97 bits per heavy atom. The van der Waals surface area contributed by atoms with Crippen LogP contribution in [0.15, 0.2) is 74.6 Å². The third kappa shape index (κ3) is 5.39. The van der Waals surface area contributed by atoms with E-state index in [4.69, 9.17) is 9.15 Å². The van der Waals surface area contributed by atoms with E-state index >= 15 is 0 Å². The van der Waals surface area contributed by atoms with Crippen LogP contribution in [-0.2, 0) is 16.6 Å². The number of nitrogens with one attached hydrogen (secondary N) is 2. The van der Waals surface area contributed by atoms with Crippen molar-refractivity contribution in [1.29, 1.82) is 0 Å². The predicted octanol–water partition coefficient (Wildman–Crippen LogP) is 4.17. The number of halogens is 1. The van der Waals surface area contributed by atoms with E-state index in [2.05, 4.69) is 26.0 Å². The minimum Gasteiger partial charge on any atom is -0.493 e. The van der Waals surface area contributed by atoms with Crippen LogP contribution in [0.3, 0.4) is 0 Å². The lowest BCUT2D eigenvalue weighted by Gasteiger charge is -2.11. The number of rotatable bonds is 8. The molecule has 0 spiro atoms. The van der Waals surface area contributed by atoms with Crippen molar-refractivity contribution in [2.75, 3.05) is 11.3 Å². The molecule has 1 amide bonds. The Labute approximate surface area is 177 Å². The van der Waals surface area contributed by atoms with Crippen LogP contribution in [0.5, 0.6) is 5.75 Å². The van der Waals surface area contributed by atoms with Gasteiger partial charge in [0, 0.05) is 5.56 Å². The highest BCUT2D eigenvalue weighted by molar-refractivity contribution is 9.10. The van der Waals surface area contributed by atoms with Gasteiger partial charge in [-0.2, -0.15) is 0 Å². The van der Waals surface area contributed by atoms with Crippen molar-refractivity contribution in [3.8, 4) is 5.75 Å². The standard InChI is InChI=1S/C20H19BrN2O5S/c1-2-27-19-9-8-15(12-18(19)21)23-29(25,26)17-7-3-5-14(11-17)20(24)22-13-16-6-4-10-28-16/h3-12,23H,2,13H2,1H3,(H,22,24). The van der Waals surface area contributed by atoms with E-state index in [1.54, 1.807) is 36.4 Å². The normalized spacial score (nSPS) is 11.1. The summed E-state index contributed by atoms with van der Waals surface area (Å²) in [7, 11) is -3.88. The van der Waals surface area contributed by atoms with Crippen molar-refractivity contribution in [2.45, 2.75) is 18.4 Å². The molecule has 7 nitrogen and oxygen atoms in total. The van der Waals surface area contributed by atoms with Gasteiger partial charge in [0.25, 0.3) is 15.9 Å². The van der Waals surface area contributed by atoms with Gasteiger partial charge in [-0.25, -0.2) is 8.42 Å². The predicted molar refractivity (Wildman–Crippen MR) is 112 cm³/mol. The topological polar surface area (TPSA) is 97.6 Å². The van der Waals surface area contributed by atoms with Crippen LogP contribution >= 0.6 is 15.9 Å². The van der Waals surface area contributed by atoms with Crippen molar-refractivity contribution < 1.29 is 22.4 Å². The van der Waals surface area contributed by atoms with Crippen LogP contribution in [0.1, 0.15) is 23.0 Å². The zero-order valence-corrected chi connectivity index (χ0v) is 17.9. The van der Waals surface area contributed by atoms with Crippen LogP contribution in [0.25, 0.3) is 0 Å². The fourth-order valence-corrected chi connectivity index (χ4v) is 4.13. The highest BCUT2D eigenvalue weighted by Gasteiger charge is 2.17. The monoisotopic (exact) mass is 478 g/mol. The average Bonchev–Trinajstić information content (AvgIpc) is 3.22. The largest absolute Gasteiger partial charge is 0.493 e. The molecule has 0 bridgehead atoms. The van der Waals surface area contributed by atoms with Crippen LogP contribution in [0, 0.1) is 0 Å². The molecule has 152 valence electrons. The molecule has 1 heterocycles. The van der Waals surface area contributed by atoms with E-state index in [1.165, 1.54) is 24.5 Å². The first kappa shape index (κ1) is 20.9. The van der Waals surface area contributed by atoms with Crippen LogP contribution in [0.2, 0.25) is 0 Å². The molecule has 3 rings (SSSR count). The Kier molecular flexibility index (Phi) is 6.60. The lowest BCUT2D eigenvalue weighted by Crippen LogP contribution is -2.23. The van der Waals surface area contributed by atoms with E-state index in [-0.39, 0.29) is 17.0 Å². The fraction of sp³-hybridized carbons (Fsp3) is 0.150. The van der Waals surface area contributed by atoms with Gasteiger partial charge in [-0.3, -0.25) is 9.52 Å². The zero-order chi connectivity index (χ0) is 20.9. The number of carbonyl (C=O) groups excluding carboxylic acids is 1. The molecule has 0 radical (unpaired) electrons. The van der Waals surface area contributed by atoms with Crippen molar-refractivity contribution in [3.63, 3.8) is 0 Å². The number of benzene rings is 2. The Bertz CT molecular complexity index is 1100. The molecule has 2 aromatic carbocycles. The number of hydrogen-bond donors (Lipinski definition) is 2. The van der Waals surface area contributed by atoms with Gasteiger partial charge in [-0.15, -0.1) is 0 Å². The third-order valence-electron chi connectivity index (χ3n) is 3.89. The Morgan fingerprint density at radius 1 is 1.14 bits per heavy atom. The third-order valence-corrected chi connectivity index (χ3v) is 5.89. The number of anilines is 1. The Balaban J connectivity index is 1.74. The number of hydrogen-bond acceptors (Lipinski definition) is 5. The summed E-state index contributed by atoms with van der Waals surface area (Å²) >= 11 is 3.36. The number of sulfonamides is 1. The van der Waals surface area contributed by atoms with Gasteiger partial charge in [-0.1, -0.05) is 6.07 Å². The highest BCUT2D eigenvalue weighted by atomic mass is 79.9. The van der Waals surface area contributed by atoms with E-state index in [9.17, 15) is 13.2 Å². The molecule has 0 aliphatic carbocycles. The van der Waals surface area contributed by atoms with Gasteiger partial charge in [0.2, 0.25) is 0 Å². The van der Waals surface area contributed by atoms with Crippen molar-refractivity contribution in [1.82, 2.24) is 5.32 Å². The number of furan rings is 1. The lowest BCUT2D eigenvalue weighted by atomic mass is 10.2. The lowest BCUT2D eigenvalue weighted by molar-refractivity contribution is 0.0948. The van der Waals surface area contributed by atoms with Crippen LogP contribution in [-0.4, -0.2) is 20.9 Å². The van der Waals surface area contributed by atoms with Crippen molar-refractivity contribution in [2.24, 2.45) is 0 Å². The smallest absolute Gasteiger partial charge is 0.261 e. The molecule has 0 fully saturated rings. The highest BCUT2D eigenvalue weighted by Crippen LogP contribution is 2.29. The van der Waals surface area contributed by atoms with E-state index in [0.29, 0.717) is 28.3 Å². The van der Waals surface area contributed by atoms with Gasteiger partial charge in [0.1, 0.15) is 11.5 Å². The van der Waals surface area contributed by atoms with Crippen LogP contribution in [0.4, 0.5) is 5.69 Å². The Hall–Kier alpha value is -2.78. The molecule has 1 aromatic heterocycles. The molecule has 29 heavy (non-hydrogen) atoms. The quantitative estimate of drug-likeness (QED) is 0.506. The summed E-state index contributed by atoms with van der Waals surface area (Å²) < 4.78 is 39.2. The first-order valence-electron chi connectivity index (χ1n) is 8.75. The molecule has 0 saturated carbocycles. The Morgan fingerprint density at radius 3 is 2.66 bits per heavy atom. The van der Waals surface area contributed by atoms with Gasteiger partial charge in [-0.05, 0) is 71.4 Å². The second-order valence-corrected chi connectivity index (χ2v) is 8.51. The summed E-state index contributed by atoms with van der Waals surface area (Å²) in [5.41, 5.74) is 0.598. The maximum absolute atomic E-state index is 12.7. The number of amides is 1. The number of carbonyl (C=O) groups is 1. The van der Waals surface area contributed by atoms with E-state index in [0.717, 1.165) is 0 Å². The van der Waals surface area contributed by atoms with Crippen molar-refractivity contribution >= 4 is 37.5 Å². The second kappa shape index (κ2) is 9.15. The van der Waals surface area contributed by atoms with Crippen LogP contribution < -0.4 is 14.8 Å². The molecule has 0 unspecified atom stereocenters. The summed E-state index contributed by atoms with van der Waals surface area (Å²) in [6.45, 7) is 2.57. The number of ether oxygens (including phenoxy) is 1. The van der Waals surface area contributed by atoms with Crippen molar-refractivity contribution in [3.05, 3.63) is 76.7 Å². The molecule has 2 N–H and O–H groups in total. The average molecular weight is 479 g/mol.